The molecule has 7 N–H and O–H groups in total. The van der Waals surface area contributed by atoms with Gasteiger partial charge in [-0.15, -0.1) is 0 Å². The predicted molar refractivity (Wildman–Crippen MR) is 66.9 cm³/mol. The maximum atomic E-state index is 11.7. The number of nitrogens with zero attached hydrogens (tertiary/aromatic N) is 2. The highest BCUT2D eigenvalue weighted by molar-refractivity contribution is 7.53. The summed E-state index contributed by atoms with van der Waals surface area (Å²) in [6.45, 7) is -0.980. The van der Waals surface area contributed by atoms with Gasteiger partial charge in [0.1, 0.15) is 18.0 Å². The van der Waals surface area contributed by atoms with Gasteiger partial charge in [0.05, 0.1) is 6.61 Å². The van der Waals surface area contributed by atoms with E-state index in [1.807, 2.05) is 0 Å². The molecule has 4 atom stereocenters. The van der Waals surface area contributed by atoms with Crippen LogP contribution in [-0.4, -0.2) is 58.8 Å². The van der Waals surface area contributed by atoms with Gasteiger partial charge in [0.2, 0.25) is 5.34 Å². The second-order valence-corrected chi connectivity index (χ2v) is 6.32. The monoisotopic (exact) mass is 323 g/mol. The fraction of sp³-hybridized carbons (Fsp3) is 0.556. The van der Waals surface area contributed by atoms with Crippen LogP contribution < -0.4 is 11.4 Å². The van der Waals surface area contributed by atoms with Crippen LogP contribution in [0.25, 0.3) is 0 Å². The third-order valence-electron chi connectivity index (χ3n) is 3.24. The summed E-state index contributed by atoms with van der Waals surface area (Å²) in [6.07, 6.45) is -4.51. The Morgan fingerprint density at radius 2 is 2.14 bits per heavy atom. The van der Waals surface area contributed by atoms with Gasteiger partial charge in [0.25, 0.3) is 0 Å². The lowest BCUT2D eigenvalue weighted by Gasteiger charge is -2.30. The van der Waals surface area contributed by atoms with Gasteiger partial charge in [-0.2, -0.15) is 4.98 Å². The molecule has 2 heterocycles. The Morgan fingerprint density at radius 3 is 2.57 bits per heavy atom. The topological polar surface area (TPSA) is 188 Å². The highest BCUT2D eigenvalue weighted by Crippen LogP contribution is 2.58. The van der Waals surface area contributed by atoms with Crippen molar-refractivity contribution in [3.8, 4) is 0 Å². The molecule has 1 fully saturated rings. The zero-order chi connectivity index (χ0) is 16.0. The van der Waals surface area contributed by atoms with E-state index in [2.05, 4.69) is 4.98 Å². The minimum Gasteiger partial charge on any atom is -0.394 e. The molecular formula is C9H14N3O8P. The summed E-state index contributed by atoms with van der Waals surface area (Å²) >= 11 is 0. The van der Waals surface area contributed by atoms with Crippen LogP contribution >= 0.6 is 7.60 Å². The van der Waals surface area contributed by atoms with Gasteiger partial charge in [-0.05, 0) is 6.07 Å². The Kier molecular flexibility index (Phi) is 3.93. The molecule has 0 unspecified atom stereocenters. The second-order valence-electron chi connectivity index (χ2n) is 4.51. The molecule has 21 heavy (non-hydrogen) atoms. The standard InChI is InChI=1S/C9H14N3O8P/c10-5-1-2-12(8(15)11-5)7-6(14)9(16,21(17,18)19)4(3-13)20-7/h1-2,4,6-7,13-14,16H,3H2,(H2,10,11,15)(H2,17,18,19)/t4-,6+,7-,9+/m1/s1. The molecule has 11 nitrogen and oxygen atoms in total. The fourth-order valence-electron chi connectivity index (χ4n) is 2.12. The number of nitrogen functional groups attached to an aromatic ring is 1. The molecule has 1 aromatic heterocycles. The largest absolute Gasteiger partial charge is 0.394 e. The maximum absolute atomic E-state index is 11.7. The smallest absolute Gasteiger partial charge is 0.362 e. The van der Waals surface area contributed by atoms with Crippen LogP contribution in [0.2, 0.25) is 0 Å². The van der Waals surface area contributed by atoms with E-state index in [0.717, 1.165) is 6.20 Å². The van der Waals surface area contributed by atoms with Crippen molar-refractivity contribution < 1.29 is 34.4 Å². The van der Waals surface area contributed by atoms with Crippen molar-refractivity contribution >= 4 is 13.4 Å². The van der Waals surface area contributed by atoms with Gasteiger partial charge >= 0.3 is 13.3 Å². The van der Waals surface area contributed by atoms with E-state index < -0.39 is 43.7 Å². The summed E-state index contributed by atoms with van der Waals surface area (Å²) in [4.78, 5) is 33.5. The summed E-state index contributed by atoms with van der Waals surface area (Å²) in [7, 11) is -5.28. The van der Waals surface area contributed by atoms with Crippen molar-refractivity contribution in [3.05, 3.63) is 22.7 Å². The van der Waals surface area contributed by atoms with Gasteiger partial charge in [0, 0.05) is 6.20 Å². The molecule has 0 bridgehead atoms. The van der Waals surface area contributed by atoms with E-state index in [9.17, 15) is 29.4 Å². The quantitative estimate of drug-likeness (QED) is 0.311. The fourth-order valence-corrected chi connectivity index (χ4v) is 3.11. The molecule has 2 rings (SSSR count). The van der Waals surface area contributed by atoms with Gasteiger partial charge in [-0.1, -0.05) is 0 Å². The Hall–Kier alpha value is -1.33. The number of aromatic nitrogens is 2. The van der Waals surface area contributed by atoms with Crippen LogP contribution in [-0.2, 0) is 9.30 Å². The average molecular weight is 323 g/mol. The first-order valence-electron chi connectivity index (χ1n) is 5.70. The molecule has 1 aliphatic heterocycles. The summed E-state index contributed by atoms with van der Waals surface area (Å²) in [6, 6.07) is 1.19. The number of hydrogen-bond acceptors (Lipinski definition) is 8. The second kappa shape index (κ2) is 5.14. The number of nitrogens with two attached hydrogens (primary N) is 1. The highest BCUT2D eigenvalue weighted by Gasteiger charge is 2.65. The Balaban J connectivity index is 2.50. The highest BCUT2D eigenvalue weighted by atomic mass is 31.2. The van der Waals surface area contributed by atoms with E-state index in [-0.39, 0.29) is 5.82 Å². The molecule has 1 aromatic rings. The maximum Gasteiger partial charge on any atom is 0.362 e. The predicted octanol–water partition coefficient (Wildman–Crippen LogP) is -3.06. The zero-order valence-electron chi connectivity index (χ0n) is 10.5. The Morgan fingerprint density at radius 1 is 1.52 bits per heavy atom. The van der Waals surface area contributed by atoms with Gasteiger partial charge < -0.3 is 35.6 Å². The first-order valence-corrected chi connectivity index (χ1v) is 7.31. The summed E-state index contributed by atoms with van der Waals surface area (Å²) in [5.74, 6) is -0.104. The lowest BCUT2D eigenvalue weighted by atomic mass is 10.1. The molecule has 12 heteroatoms. The van der Waals surface area contributed by atoms with Crippen LogP contribution in [0.15, 0.2) is 17.1 Å². The van der Waals surface area contributed by atoms with Gasteiger partial charge in [-0.3, -0.25) is 9.13 Å². The van der Waals surface area contributed by atoms with Crippen LogP contribution in [0, 0.1) is 0 Å². The van der Waals surface area contributed by atoms with Crippen LogP contribution in [0.3, 0.4) is 0 Å². The molecule has 0 radical (unpaired) electrons. The summed E-state index contributed by atoms with van der Waals surface area (Å²) in [5, 5.41) is 26.1. The van der Waals surface area contributed by atoms with Gasteiger partial charge in [0.15, 0.2) is 6.23 Å². The minimum atomic E-state index is -5.28. The van der Waals surface area contributed by atoms with Crippen molar-refractivity contribution in [1.29, 1.82) is 0 Å². The molecule has 118 valence electrons. The number of aliphatic hydroxyl groups excluding tert-OH is 2. The Bertz CT molecular complexity index is 644. The van der Waals surface area contributed by atoms with E-state index >= 15 is 0 Å². The average Bonchev–Trinajstić information content (AvgIpc) is 2.63. The molecule has 0 saturated carbocycles. The first-order chi connectivity index (χ1) is 9.62. The van der Waals surface area contributed by atoms with E-state index in [4.69, 9.17) is 15.6 Å². The zero-order valence-corrected chi connectivity index (χ0v) is 11.4. The van der Waals surface area contributed by atoms with Crippen molar-refractivity contribution in [2.24, 2.45) is 0 Å². The SMILES string of the molecule is Nc1ccn([C@@H]2O[C@H](CO)[C@](O)(P(=O)(O)O)[C@H]2O)c(=O)n1. The van der Waals surface area contributed by atoms with E-state index in [0.29, 0.717) is 4.57 Å². The number of rotatable bonds is 3. The van der Waals surface area contributed by atoms with E-state index in [1.54, 1.807) is 0 Å². The summed E-state index contributed by atoms with van der Waals surface area (Å²) in [5.41, 5.74) is 4.34. The van der Waals surface area contributed by atoms with E-state index in [1.165, 1.54) is 6.07 Å². The van der Waals surface area contributed by atoms with Crippen LogP contribution in [0.1, 0.15) is 6.23 Å². The number of ether oxygens (including phenoxy) is 1. The molecule has 1 aliphatic rings. The minimum absolute atomic E-state index is 0.104. The number of aliphatic hydroxyl groups is 3. The number of anilines is 1. The number of hydrogen-bond donors (Lipinski definition) is 6. The van der Waals surface area contributed by atoms with Crippen molar-refractivity contribution in [3.63, 3.8) is 0 Å². The van der Waals surface area contributed by atoms with Crippen LogP contribution in [0.4, 0.5) is 5.82 Å². The van der Waals surface area contributed by atoms with Crippen molar-refractivity contribution in [2.75, 3.05) is 12.3 Å². The summed E-state index contributed by atoms with van der Waals surface area (Å²) < 4.78 is 17.1. The molecule has 0 aromatic carbocycles. The normalized spacial score (nSPS) is 33.3. The van der Waals surface area contributed by atoms with Crippen molar-refractivity contribution in [1.82, 2.24) is 9.55 Å². The lowest BCUT2D eigenvalue weighted by Crippen LogP contribution is -2.49. The third kappa shape index (κ3) is 2.38. The molecule has 0 amide bonds. The molecule has 0 spiro atoms. The third-order valence-corrected chi connectivity index (χ3v) is 4.73. The van der Waals surface area contributed by atoms with Crippen LogP contribution in [0.5, 0.6) is 0 Å². The molecule has 0 aliphatic carbocycles. The van der Waals surface area contributed by atoms with Gasteiger partial charge in [-0.25, -0.2) is 4.79 Å². The molecule has 1 saturated heterocycles. The Labute approximate surface area is 117 Å². The first kappa shape index (κ1) is 16.0. The molecular weight excluding hydrogens is 309 g/mol. The van der Waals surface area contributed by atoms with Crippen molar-refractivity contribution in [2.45, 2.75) is 23.8 Å². The lowest BCUT2D eigenvalue weighted by molar-refractivity contribution is -0.0614.